The van der Waals surface area contributed by atoms with E-state index in [4.69, 9.17) is 11.6 Å². The van der Waals surface area contributed by atoms with Crippen molar-refractivity contribution in [1.29, 1.82) is 0 Å². The second-order valence-electron chi connectivity index (χ2n) is 5.52. The number of nitrogens with one attached hydrogen (secondary N) is 1. The number of imidazole rings is 1. The van der Waals surface area contributed by atoms with E-state index in [-0.39, 0.29) is 0 Å². The lowest BCUT2D eigenvalue weighted by atomic mass is 10.2. The molecule has 2 aromatic carbocycles. The van der Waals surface area contributed by atoms with Crippen LogP contribution in [0.5, 0.6) is 0 Å². The number of nitrogens with zero attached hydrogens (tertiary/aromatic N) is 3. The molecule has 0 spiro atoms. The zero-order valence-electron chi connectivity index (χ0n) is 12.9. The van der Waals surface area contributed by atoms with Crippen LogP contribution in [0.25, 0.3) is 11.0 Å². The molecule has 4 aromatic rings. The first-order valence-corrected chi connectivity index (χ1v) is 8.04. The summed E-state index contributed by atoms with van der Waals surface area (Å²) in [6.07, 6.45) is 3.65. The van der Waals surface area contributed by atoms with Crippen LogP contribution in [-0.4, -0.2) is 14.5 Å². The smallest absolute Gasteiger partial charge is 0.158 e. The number of benzene rings is 2. The van der Waals surface area contributed by atoms with E-state index in [1.807, 2.05) is 54.9 Å². The predicted octanol–water partition coefficient (Wildman–Crippen LogP) is 4.88. The summed E-state index contributed by atoms with van der Waals surface area (Å²) in [7, 11) is 0. The highest BCUT2D eigenvalue weighted by molar-refractivity contribution is 6.30. The van der Waals surface area contributed by atoms with Gasteiger partial charge in [-0.2, -0.15) is 0 Å². The summed E-state index contributed by atoms with van der Waals surface area (Å²) >= 11 is 5.93. The highest BCUT2D eigenvalue weighted by Gasteiger charge is 2.09. The van der Waals surface area contributed by atoms with E-state index in [0.29, 0.717) is 5.02 Å². The first kappa shape index (κ1) is 14.7. The molecule has 0 aliphatic rings. The molecule has 0 fully saturated rings. The van der Waals surface area contributed by atoms with Crippen molar-refractivity contribution < 1.29 is 0 Å². The van der Waals surface area contributed by atoms with E-state index < -0.39 is 0 Å². The molecule has 2 heterocycles. The molecule has 0 saturated heterocycles. The Balaban J connectivity index is 1.67. The van der Waals surface area contributed by atoms with Gasteiger partial charge in [0.25, 0.3) is 0 Å². The number of hydrogen-bond donors (Lipinski definition) is 1. The summed E-state index contributed by atoms with van der Waals surface area (Å²) in [5.41, 5.74) is 4.06. The lowest BCUT2D eigenvalue weighted by Gasteiger charge is -2.07. The van der Waals surface area contributed by atoms with Crippen LogP contribution in [0.2, 0.25) is 5.02 Å². The van der Waals surface area contributed by atoms with Gasteiger partial charge in [0.1, 0.15) is 5.52 Å². The lowest BCUT2D eigenvalue weighted by molar-refractivity contribution is 0.824. The maximum Gasteiger partial charge on any atom is 0.158 e. The summed E-state index contributed by atoms with van der Waals surface area (Å²) in [5, 5.41) is 4.01. The van der Waals surface area contributed by atoms with Crippen molar-refractivity contribution in [2.24, 2.45) is 0 Å². The lowest BCUT2D eigenvalue weighted by Crippen LogP contribution is -1.98. The third kappa shape index (κ3) is 2.96. The molecule has 4 rings (SSSR count). The SMILES string of the molecule is Clc1ccc(Nc2nccc3c2ncn3Cc2ccccc2)cc1. The minimum absolute atomic E-state index is 0.707. The Hall–Kier alpha value is -2.85. The fourth-order valence-corrected chi connectivity index (χ4v) is 2.79. The van der Waals surface area contributed by atoms with Crippen molar-refractivity contribution in [2.45, 2.75) is 6.54 Å². The van der Waals surface area contributed by atoms with E-state index in [9.17, 15) is 0 Å². The molecule has 0 amide bonds. The summed E-state index contributed by atoms with van der Waals surface area (Å²) in [4.78, 5) is 8.97. The molecule has 0 bridgehead atoms. The minimum atomic E-state index is 0.707. The largest absolute Gasteiger partial charge is 0.338 e. The Morgan fingerprint density at radius 3 is 2.50 bits per heavy atom. The molecule has 118 valence electrons. The van der Waals surface area contributed by atoms with Crippen LogP contribution in [0.1, 0.15) is 5.56 Å². The van der Waals surface area contributed by atoms with Gasteiger partial charge in [-0.25, -0.2) is 9.97 Å². The first-order chi connectivity index (χ1) is 11.8. The zero-order chi connectivity index (χ0) is 16.4. The average Bonchev–Trinajstić information content (AvgIpc) is 3.02. The van der Waals surface area contributed by atoms with Crippen molar-refractivity contribution in [3.05, 3.63) is 83.8 Å². The summed E-state index contributed by atoms with van der Waals surface area (Å²) in [6.45, 7) is 0.780. The van der Waals surface area contributed by atoms with Crippen LogP contribution in [0.4, 0.5) is 11.5 Å². The Bertz CT molecular complexity index is 962. The normalized spacial score (nSPS) is 10.9. The van der Waals surface area contributed by atoms with E-state index in [0.717, 1.165) is 29.1 Å². The average molecular weight is 335 g/mol. The zero-order valence-corrected chi connectivity index (χ0v) is 13.6. The fourth-order valence-electron chi connectivity index (χ4n) is 2.66. The summed E-state index contributed by atoms with van der Waals surface area (Å²) in [5.74, 6) is 0.738. The number of aromatic nitrogens is 3. The Kier molecular flexibility index (Phi) is 3.89. The predicted molar refractivity (Wildman–Crippen MR) is 97.8 cm³/mol. The van der Waals surface area contributed by atoms with Crippen molar-refractivity contribution in [1.82, 2.24) is 14.5 Å². The number of anilines is 2. The molecule has 1 N–H and O–H groups in total. The van der Waals surface area contributed by atoms with Crippen molar-refractivity contribution >= 4 is 34.1 Å². The highest BCUT2D eigenvalue weighted by Crippen LogP contribution is 2.24. The Morgan fingerprint density at radius 1 is 0.917 bits per heavy atom. The molecule has 0 aliphatic heterocycles. The van der Waals surface area contributed by atoms with Gasteiger partial charge in [0.15, 0.2) is 5.82 Å². The number of halogens is 1. The maximum absolute atomic E-state index is 5.93. The molecule has 0 radical (unpaired) electrons. The third-order valence-electron chi connectivity index (χ3n) is 3.84. The van der Waals surface area contributed by atoms with Gasteiger partial charge in [-0.1, -0.05) is 41.9 Å². The highest BCUT2D eigenvalue weighted by atomic mass is 35.5. The number of rotatable bonds is 4. The molecule has 0 unspecified atom stereocenters. The van der Waals surface area contributed by atoms with Crippen LogP contribution >= 0.6 is 11.6 Å². The third-order valence-corrected chi connectivity index (χ3v) is 4.09. The van der Waals surface area contributed by atoms with E-state index in [1.165, 1.54) is 5.56 Å². The van der Waals surface area contributed by atoms with Gasteiger partial charge in [-0.15, -0.1) is 0 Å². The molecule has 5 heteroatoms. The Morgan fingerprint density at radius 2 is 1.71 bits per heavy atom. The first-order valence-electron chi connectivity index (χ1n) is 7.66. The van der Waals surface area contributed by atoms with Gasteiger partial charge in [-0.05, 0) is 35.9 Å². The van der Waals surface area contributed by atoms with E-state index in [2.05, 4.69) is 32.0 Å². The van der Waals surface area contributed by atoms with Crippen molar-refractivity contribution in [2.75, 3.05) is 5.32 Å². The number of pyridine rings is 1. The summed E-state index contributed by atoms with van der Waals surface area (Å²) in [6, 6.07) is 19.8. The molecule has 2 aromatic heterocycles. The monoisotopic (exact) mass is 334 g/mol. The molecule has 0 saturated carbocycles. The molecule has 0 aliphatic carbocycles. The second kappa shape index (κ2) is 6.34. The second-order valence-corrected chi connectivity index (χ2v) is 5.95. The van der Waals surface area contributed by atoms with Crippen LogP contribution in [-0.2, 0) is 6.54 Å². The van der Waals surface area contributed by atoms with Crippen LogP contribution in [0.15, 0.2) is 73.2 Å². The van der Waals surface area contributed by atoms with Gasteiger partial charge in [0, 0.05) is 23.5 Å². The molecular formula is C19H15ClN4. The standard InChI is InChI=1S/C19H15ClN4/c20-15-6-8-16(9-7-15)23-19-18-17(10-11-21-19)24(13-22-18)12-14-4-2-1-3-5-14/h1-11,13H,12H2,(H,21,23). The van der Waals surface area contributed by atoms with Crippen LogP contribution in [0.3, 0.4) is 0 Å². The number of fused-ring (bicyclic) bond motifs is 1. The number of hydrogen-bond acceptors (Lipinski definition) is 3. The van der Waals surface area contributed by atoms with E-state index >= 15 is 0 Å². The van der Waals surface area contributed by atoms with Gasteiger partial charge >= 0.3 is 0 Å². The van der Waals surface area contributed by atoms with E-state index in [1.54, 1.807) is 6.20 Å². The minimum Gasteiger partial charge on any atom is -0.338 e. The molecule has 4 nitrogen and oxygen atoms in total. The molecule has 0 atom stereocenters. The van der Waals surface area contributed by atoms with Crippen LogP contribution < -0.4 is 5.32 Å². The van der Waals surface area contributed by atoms with Gasteiger partial charge in [0.05, 0.1) is 11.8 Å². The summed E-state index contributed by atoms with van der Waals surface area (Å²) < 4.78 is 2.12. The van der Waals surface area contributed by atoms with Crippen LogP contribution in [0, 0.1) is 0 Å². The maximum atomic E-state index is 5.93. The molecular weight excluding hydrogens is 320 g/mol. The van der Waals surface area contributed by atoms with Gasteiger partial charge in [0.2, 0.25) is 0 Å². The Labute approximate surface area is 144 Å². The van der Waals surface area contributed by atoms with Crippen molar-refractivity contribution in [3.8, 4) is 0 Å². The van der Waals surface area contributed by atoms with Gasteiger partial charge in [-0.3, -0.25) is 0 Å². The van der Waals surface area contributed by atoms with Crippen molar-refractivity contribution in [3.63, 3.8) is 0 Å². The quantitative estimate of drug-likeness (QED) is 0.578. The topological polar surface area (TPSA) is 42.7 Å². The van der Waals surface area contributed by atoms with Gasteiger partial charge < -0.3 is 9.88 Å². The molecule has 24 heavy (non-hydrogen) atoms. The fraction of sp³-hybridized carbons (Fsp3) is 0.0526.